The van der Waals surface area contributed by atoms with Crippen molar-refractivity contribution in [1.29, 1.82) is 0 Å². The van der Waals surface area contributed by atoms with Gasteiger partial charge < -0.3 is 15.0 Å². The van der Waals surface area contributed by atoms with Crippen LogP contribution in [0.1, 0.15) is 36.0 Å². The van der Waals surface area contributed by atoms with E-state index in [1.807, 2.05) is 0 Å². The molecule has 1 N–H and O–H groups in total. The molecule has 0 bridgehead atoms. The van der Waals surface area contributed by atoms with Crippen molar-refractivity contribution >= 4 is 5.91 Å². The SMILES string of the molecule is COc1ccc(C(=O)N2CCC(C3CCCN3)CC2)c(F)c1. The first kappa shape index (κ1) is 15.3. The van der Waals surface area contributed by atoms with Crippen molar-refractivity contribution in [1.82, 2.24) is 10.2 Å². The zero-order chi connectivity index (χ0) is 15.5. The molecule has 0 spiro atoms. The fraction of sp³-hybridized carbons (Fsp3) is 0.588. The van der Waals surface area contributed by atoms with Gasteiger partial charge >= 0.3 is 0 Å². The zero-order valence-corrected chi connectivity index (χ0v) is 13.0. The van der Waals surface area contributed by atoms with Crippen molar-refractivity contribution in [2.45, 2.75) is 31.7 Å². The zero-order valence-electron chi connectivity index (χ0n) is 13.0. The Bertz CT molecular complexity index is 535. The molecular formula is C17H23FN2O2. The lowest BCUT2D eigenvalue weighted by Gasteiger charge is -2.35. The lowest BCUT2D eigenvalue weighted by Crippen LogP contribution is -2.43. The highest BCUT2D eigenvalue weighted by Gasteiger charge is 2.30. The number of amides is 1. The number of methoxy groups -OCH3 is 1. The van der Waals surface area contributed by atoms with E-state index >= 15 is 0 Å². The number of nitrogens with zero attached hydrogens (tertiary/aromatic N) is 1. The summed E-state index contributed by atoms with van der Waals surface area (Å²) >= 11 is 0. The van der Waals surface area contributed by atoms with Crippen molar-refractivity contribution in [3.8, 4) is 5.75 Å². The molecule has 0 aromatic heterocycles. The van der Waals surface area contributed by atoms with Crippen LogP contribution in [-0.4, -0.2) is 43.6 Å². The van der Waals surface area contributed by atoms with Crippen LogP contribution in [0.25, 0.3) is 0 Å². The Hall–Kier alpha value is -1.62. The Morgan fingerprint density at radius 3 is 2.68 bits per heavy atom. The molecular weight excluding hydrogens is 283 g/mol. The Morgan fingerprint density at radius 2 is 2.09 bits per heavy atom. The van der Waals surface area contributed by atoms with Crippen molar-refractivity contribution in [3.05, 3.63) is 29.6 Å². The van der Waals surface area contributed by atoms with Crippen molar-refractivity contribution in [2.75, 3.05) is 26.7 Å². The highest BCUT2D eigenvalue weighted by Crippen LogP contribution is 2.27. The molecule has 1 aromatic carbocycles. The molecule has 120 valence electrons. The van der Waals surface area contributed by atoms with Gasteiger partial charge in [0.25, 0.3) is 5.91 Å². The lowest BCUT2D eigenvalue weighted by molar-refractivity contribution is 0.0669. The van der Waals surface area contributed by atoms with Crippen LogP contribution in [-0.2, 0) is 0 Å². The third kappa shape index (κ3) is 3.09. The van der Waals surface area contributed by atoms with Gasteiger partial charge in [0.15, 0.2) is 0 Å². The van der Waals surface area contributed by atoms with Crippen LogP contribution < -0.4 is 10.1 Å². The summed E-state index contributed by atoms with van der Waals surface area (Å²) in [6.07, 6.45) is 4.49. The van der Waals surface area contributed by atoms with Gasteiger partial charge in [-0.3, -0.25) is 4.79 Å². The molecule has 5 heteroatoms. The van der Waals surface area contributed by atoms with Gasteiger partial charge in [-0.25, -0.2) is 4.39 Å². The second kappa shape index (κ2) is 6.65. The van der Waals surface area contributed by atoms with Gasteiger partial charge in [-0.2, -0.15) is 0 Å². The molecule has 1 amide bonds. The molecule has 2 aliphatic heterocycles. The largest absolute Gasteiger partial charge is 0.497 e. The molecule has 0 aliphatic carbocycles. The van der Waals surface area contributed by atoms with Gasteiger partial charge in [-0.15, -0.1) is 0 Å². The fourth-order valence-corrected chi connectivity index (χ4v) is 3.59. The van der Waals surface area contributed by atoms with Crippen LogP contribution in [0.2, 0.25) is 0 Å². The van der Waals surface area contributed by atoms with E-state index in [0.717, 1.165) is 19.4 Å². The van der Waals surface area contributed by atoms with Crippen LogP contribution >= 0.6 is 0 Å². The molecule has 3 rings (SSSR count). The number of benzene rings is 1. The number of ether oxygens (including phenoxy) is 1. The second-order valence-corrected chi connectivity index (χ2v) is 6.18. The van der Waals surface area contributed by atoms with Crippen LogP contribution in [0, 0.1) is 11.7 Å². The molecule has 2 fully saturated rings. The number of nitrogens with one attached hydrogen (secondary N) is 1. The van der Waals surface area contributed by atoms with Crippen molar-refractivity contribution < 1.29 is 13.9 Å². The number of carbonyl (C=O) groups is 1. The van der Waals surface area contributed by atoms with E-state index in [1.54, 1.807) is 11.0 Å². The Kier molecular flexibility index (Phi) is 4.62. The number of hydrogen-bond acceptors (Lipinski definition) is 3. The lowest BCUT2D eigenvalue weighted by atomic mass is 9.88. The molecule has 0 saturated carbocycles. The molecule has 1 atom stereocenters. The summed E-state index contributed by atoms with van der Waals surface area (Å²) in [7, 11) is 1.48. The summed E-state index contributed by atoms with van der Waals surface area (Å²) in [6.45, 7) is 2.54. The summed E-state index contributed by atoms with van der Waals surface area (Å²) < 4.78 is 19.0. The topological polar surface area (TPSA) is 41.6 Å². The third-order valence-electron chi connectivity index (χ3n) is 4.90. The van der Waals surface area contributed by atoms with E-state index in [-0.39, 0.29) is 11.5 Å². The summed E-state index contributed by atoms with van der Waals surface area (Å²) in [6, 6.07) is 5.02. The minimum absolute atomic E-state index is 0.137. The predicted molar refractivity (Wildman–Crippen MR) is 82.6 cm³/mol. The van der Waals surface area contributed by atoms with Crippen molar-refractivity contribution in [2.24, 2.45) is 5.92 Å². The van der Waals surface area contributed by atoms with E-state index in [2.05, 4.69) is 5.32 Å². The highest BCUT2D eigenvalue weighted by atomic mass is 19.1. The molecule has 2 heterocycles. The summed E-state index contributed by atoms with van der Waals surface area (Å²) in [5, 5.41) is 3.55. The van der Waals surface area contributed by atoms with Crippen LogP contribution in [0.4, 0.5) is 4.39 Å². The maximum absolute atomic E-state index is 14.0. The first-order chi connectivity index (χ1) is 10.7. The minimum atomic E-state index is -0.510. The number of likely N-dealkylation sites (tertiary alicyclic amines) is 1. The fourth-order valence-electron chi connectivity index (χ4n) is 3.59. The number of rotatable bonds is 3. The van der Waals surface area contributed by atoms with Gasteiger partial charge in [0, 0.05) is 25.2 Å². The maximum atomic E-state index is 14.0. The average Bonchev–Trinajstić information content (AvgIpc) is 3.08. The Morgan fingerprint density at radius 1 is 1.32 bits per heavy atom. The molecule has 4 nitrogen and oxygen atoms in total. The molecule has 1 aromatic rings. The van der Waals surface area contributed by atoms with Gasteiger partial charge in [0.2, 0.25) is 0 Å². The van der Waals surface area contributed by atoms with Gasteiger partial charge in [-0.05, 0) is 50.3 Å². The van der Waals surface area contributed by atoms with Crippen molar-refractivity contribution in [3.63, 3.8) is 0 Å². The molecule has 2 aliphatic rings. The highest BCUT2D eigenvalue weighted by molar-refractivity contribution is 5.94. The molecule has 1 unspecified atom stereocenters. The minimum Gasteiger partial charge on any atom is -0.497 e. The predicted octanol–water partition coefficient (Wildman–Crippen LogP) is 2.44. The monoisotopic (exact) mass is 306 g/mol. The normalized spacial score (nSPS) is 22.8. The number of halogens is 1. The third-order valence-corrected chi connectivity index (χ3v) is 4.90. The average molecular weight is 306 g/mol. The number of carbonyl (C=O) groups excluding carboxylic acids is 1. The van der Waals surface area contributed by atoms with E-state index in [9.17, 15) is 9.18 Å². The first-order valence-electron chi connectivity index (χ1n) is 8.05. The number of piperidine rings is 1. The van der Waals surface area contributed by atoms with Gasteiger partial charge in [0.05, 0.1) is 12.7 Å². The molecule has 2 saturated heterocycles. The molecule has 22 heavy (non-hydrogen) atoms. The number of hydrogen-bond donors (Lipinski definition) is 1. The van der Waals surface area contributed by atoms with E-state index in [4.69, 9.17) is 4.74 Å². The van der Waals surface area contributed by atoms with Gasteiger partial charge in [0.1, 0.15) is 11.6 Å². The van der Waals surface area contributed by atoms with Gasteiger partial charge in [-0.1, -0.05) is 0 Å². The van der Waals surface area contributed by atoms with E-state index < -0.39 is 5.82 Å². The quantitative estimate of drug-likeness (QED) is 0.932. The van der Waals surface area contributed by atoms with Crippen LogP contribution in [0.3, 0.4) is 0 Å². The smallest absolute Gasteiger partial charge is 0.256 e. The first-order valence-corrected chi connectivity index (χ1v) is 8.05. The molecule has 0 radical (unpaired) electrons. The summed E-state index contributed by atoms with van der Waals surface area (Å²) in [4.78, 5) is 14.3. The van der Waals surface area contributed by atoms with Crippen LogP contribution in [0.15, 0.2) is 18.2 Å². The Balaban J connectivity index is 1.62. The Labute approximate surface area is 130 Å². The maximum Gasteiger partial charge on any atom is 0.256 e. The van der Waals surface area contributed by atoms with E-state index in [1.165, 1.54) is 32.1 Å². The van der Waals surface area contributed by atoms with Crippen LogP contribution in [0.5, 0.6) is 5.75 Å². The second-order valence-electron chi connectivity index (χ2n) is 6.18. The summed E-state index contributed by atoms with van der Waals surface area (Å²) in [5.74, 6) is 0.356. The summed E-state index contributed by atoms with van der Waals surface area (Å²) in [5.41, 5.74) is 0.137. The van der Waals surface area contributed by atoms with E-state index in [0.29, 0.717) is 30.8 Å². The standard InChI is InChI=1S/C17H23FN2O2/c1-22-13-4-5-14(15(18)11-13)17(21)20-9-6-12(7-10-20)16-3-2-8-19-16/h4-5,11-12,16,19H,2-3,6-10H2,1H3.